The van der Waals surface area contributed by atoms with Gasteiger partial charge in [0.15, 0.2) is 0 Å². The molecular formula is C25H32F6O4. The van der Waals surface area contributed by atoms with Crippen LogP contribution in [0.1, 0.15) is 72.1 Å². The third-order valence-corrected chi connectivity index (χ3v) is 5.05. The van der Waals surface area contributed by atoms with Gasteiger partial charge in [-0.2, -0.15) is 26.3 Å². The van der Waals surface area contributed by atoms with Gasteiger partial charge in [-0.15, -0.1) is 11.8 Å². The molecule has 0 heterocycles. The lowest BCUT2D eigenvalue weighted by Gasteiger charge is -2.26. The highest BCUT2D eigenvalue weighted by Crippen LogP contribution is 2.37. The molecule has 10 heteroatoms. The van der Waals surface area contributed by atoms with Gasteiger partial charge < -0.3 is 9.47 Å². The third kappa shape index (κ3) is 14.6. The van der Waals surface area contributed by atoms with E-state index in [9.17, 15) is 35.9 Å². The molecule has 0 radical (unpaired) electrons. The highest BCUT2D eigenvalue weighted by Gasteiger charge is 2.45. The van der Waals surface area contributed by atoms with Crippen LogP contribution in [0, 0.1) is 46.9 Å². The van der Waals surface area contributed by atoms with Crippen molar-refractivity contribution >= 4 is 11.9 Å². The molecule has 2 fully saturated rings. The summed E-state index contributed by atoms with van der Waals surface area (Å²) in [5.41, 5.74) is -1.60. The molecule has 0 aromatic heterocycles. The Morgan fingerprint density at radius 3 is 1.80 bits per heavy atom. The molecule has 35 heavy (non-hydrogen) atoms. The standard InChI is InChI=1S/C13H17F3O2.C12H15F3O2/c1-3-18-11(17)12(2,9-13(14,15)16)8-4-5-10-6-7-10;1-2-17-11(16)10(8-12(13,14)15)5-3-4-9-6-7-9/h10H,3,6-9H2,1-2H3;9-10H,2,5-8H2,1H3. The summed E-state index contributed by atoms with van der Waals surface area (Å²) in [7, 11) is 0. The zero-order valence-corrected chi connectivity index (χ0v) is 20.2. The van der Waals surface area contributed by atoms with Gasteiger partial charge in [0.2, 0.25) is 0 Å². The molecule has 0 N–H and O–H groups in total. The van der Waals surface area contributed by atoms with Gasteiger partial charge in [-0.3, -0.25) is 9.59 Å². The number of esters is 2. The lowest BCUT2D eigenvalue weighted by Crippen LogP contribution is -2.34. The Morgan fingerprint density at radius 1 is 0.857 bits per heavy atom. The number of carbonyl (C=O) groups excluding carboxylic acids is 2. The van der Waals surface area contributed by atoms with E-state index >= 15 is 0 Å². The predicted molar refractivity (Wildman–Crippen MR) is 116 cm³/mol. The van der Waals surface area contributed by atoms with E-state index in [0.717, 1.165) is 25.7 Å². The molecule has 198 valence electrons. The van der Waals surface area contributed by atoms with Crippen molar-refractivity contribution in [2.75, 3.05) is 13.2 Å². The van der Waals surface area contributed by atoms with Gasteiger partial charge in [-0.05, 0) is 46.5 Å². The Hall–Kier alpha value is -2.36. The Morgan fingerprint density at radius 2 is 1.37 bits per heavy atom. The van der Waals surface area contributed by atoms with E-state index in [1.807, 2.05) is 0 Å². The largest absolute Gasteiger partial charge is 0.466 e. The average molecular weight is 511 g/mol. The fourth-order valence-corrected chi connectivity index (χ4v) is 2.91. The van der Waals surface area contributed by atoms with Crippen molar-refractivity contribution in [2.45, 2.75) is 84.5 Å². The van der Waals surface area contributed by atoms with Gasteiger partial charge in [0.1, 0.15) is 0 Å². The summed E-state index contributed by atoms with van der Waals surface area (Å²) in [5.74, 6) is 8.87. The Bertz CT molecular complexity index is 819. The summed E-state index contributed by atoms with van der Waals surface area (Å²) in [5, 5.41) is 0. The monoisotopic (exact) mass is 510 g/mol. The van der Waals surface area contributed by atoms with Crippen LogP contribution < -0.4 is 0 Å². The Labute approximate surface area is 202 Å². The van der Waals surface area contributed by atoms with Gasteiger partial charge in [0.25, 0.3) is 0 Å². The lowest BCUT2D eigenvalue weighted by atomic mass is 9.83. The van der Waals surface area contributed by atoms with Crippen molar-refractivity contribution in [1.29, 1.82) is 0 Å². The first-order valence-corrected chi connectivity index (χ1v) is 11.6. The van der Waals surface area contributed by atoms with Crippen LogP contribution in [-0.2, 0) is 19.1 Å². The molecule has 2 unspecified atom stereocenters. The zero-order valence-electron chi connectivity index (χ0n) is 20.2. The number of hydrogen-bond acceptors (Lipinski definition) is 4. The molecule has 0 amide bonds. The van der Waals surface area contributed by atoms with Crippen molar-refractivity contribution in [1.82, 2.24) is 0 Å². The first-order valence-electron chi connectivity index (χ1n) is 11.6. The first-order chi connectivity index (χ1) is 16.2. The molecule has 0 aliphatic heterocycles. The minimum absolute atomic E-state index is 0.0718. The molecule has 0 aromatic carbocycles. The van der Waals surface area contributed by atoms with Gasteiger partial charge in [-0.1, -0.05) is 11.8 Å². The highest BCUT2D eigenvalue weighted by atomic mass is 19.4. The van der Waals surface area contributed by atoms with E-state index in [1.54, 1.807) is 13.8 Å². The summed E-state index contributed by atoms with van der Waals surface area (Å²) in [4.78, 5) is 23.0. The molecule has 0 spiro atoms. The van der Waals surface area contributed by atoms with Gasteiger partial charge in [0, 0.05) is 24.7 Å². The Kier molecular flexibility index (Phi) is 12.0. The van der Waals surface area contributed by atoms with E-state index in [-0.39, 0.29) is 26.1 Å². The second-order valence-electron chi connectivity index (χ2n) is 8.91. The number of rotatable bonds is 8. The van der Waals surface area contributed by atoms with Crippen LogP contribution in [0.25, 0.3) is 0 Å². The summed E-state index contributed by atoms with van der Waals surface area (Å²) >= 11 is 0. The van der Waals surface area contributed by atoms with Crippen molar-refractivity contribution in [2.24, 2.45) is 23.2 Å². The van der Waals surface area contributed by atoms with Gasteiger partial charge in [0.05, 0.1) is 37.4 Å². The smallest absolute Gasteiger partial charge is 0.390 e. The van der Waals surface area contributed by atoms with Crippen LogP contribution in [0.3, 0.4) is 0 Å². The van der Waals surface area contributed by atoms with Crippen molar-refractivity contribution in [3.63, 3.8) is 0 Å². The van der Waals surface area contributed by atoms with Crippen LogP contribution in [0.4, 0.5) is 26.3 Å². The van der Waals surface area contributed by atoms with Gasteiger partial charge >= 0.3 is 24.3 Å². The minimum Gasteiger partial charge on any atom is -0.466 e. The predicted octanol–water partition coefficient (Wildman–Crippen LogP) is 6.23. The number of halogens is 6. The van der Waals surface area contributed by atoms with Crippen LogP contribution in [0.5, 0.6) is 0 Å². The average Bonchev–Trinajstić information content (AvgIpc) is 3.61. The summed E-state index contributed by atoms with van der Waals surface area (Å²) in [6.07, 6.45) is -7.28. The molecule has 0 saturated heterocycles. The maximum Gasteiger partial charge on any atom is 0.390 e. The maximum atomic E-state index is 12.5. The number of ether oxygens (including phenoxy) is 2. The van der Waals surface area contributed by atoms with E-state index in [4.69, 9.17) is 4.74 Å². The molecule has 2 rings (SSSR count). The molecule has 0 bridgehead atoms. The van der Waals surface area contributed by atoms with Crippen LogP contribution >= 0.6 is 0 Å². The van der Waals surface area contributed by atoms with Gasteiger partial charge in [-0.25, -0.2) is 0 Å². The van der Waals surface area contributed by atoms with E-state index < -0.39 is 48.5 Å². The number of alkyl halides is 6. The minimum atomic E-state index is -4.40. The van der Waals surface area contributed by atoms with Crippen LogP contribution in [-0.4, -0.2) is 37.5 Å². The summed E-state index contributed by atoms with van der Waals surface area (Å²) in [6.45, 7) is 4.56. The van der Waals surface area contributed by atoms with Crippen LogP contribution in [0.2, 0.25) is 0 Å². The number of hydrogen-bond donors (Lipinski definition) is 0. The molecule has 2 saturated carbocycles. The quantitative estimate of drug-likeness (QED) is 0.221. The summed E-state index contributed by atoms with van der Waals surface area (Å²) < 4.78 is 83.6. The van der Waals surface area contributed by atoms with E-state index in [1.165, 1.54) is 6.92 Å². The molecule has 4 nitrogen and oxygen atoms in total. The molecule has 2 atom stereocenters. The molecule has 2 aliphatic rings. The molecule has 0 aromatic rings. The second kappa shape index (κ2) is 13.7. The fourth-order valence-electron chi connectivity index (χ4n) is 2.91. The summed E-state index contributed by atoms with van der Waals surface area (Å²) in [6, 6.07) is 0. The number of carbonyl (C=O) groups is 2. The van der Waals surface area contributed by atoms with E-state index in [0.29, 0.717) is 11.8 Å². The second-order valence-corrected chi connectivity index (χ2v) is 8.91. The molecular weight excluding hydrogens is 478 g/mol. The SMILES string of the molecule is CCOC(=O)C(C)(CC#CC1CC1)CC(F)(F)F.CCOC(=O)C(CC#CC1CC1)CC(F)(F)F. The lowest BCUT2D eigenvalue weighted by molar-refractivity contribution is -0.180. The van der Waals surface area contributed by atoms with Crippen molar-refractivity contribution in [3.8, 4) is 23.7 Å². The third-order valence-electron chi connectivity index (χ3n) is 5.05. The highest BCUT2D eigenvalue weighted by molar-refractivity contribution is 5.77. The maximum absolute atomic E-state index is 12.5. The van der Waals surface area contributed by atoms with Crippen molar-refractivity contribution in [3.05, 3.63) is 0 Å². The normalized spacial score (nSPS) is 17.7. The molecule has 2 aliphatic carbocycles. The van der Waals surface area contributed by atoms with Crippen LogP contribution in [0.15, 0.2) is 0 Å². The van der Waals surface area contributed by atoms with Crippen molar-refractivity contribution < 1.29 is 45.4 Å². The topological polar surface area (TPSA) is 52.6 Å². The first kappa shape index (κ1) is 30.7. The fraction of sp³-hybridized carbons (Fsp3) is 0.760. The van der Waals surface area contributed by atoms with E-state index in [2.05, 4.69) is 28.4 Å². The Balaban J connectivity index is 0.000000351. The zero-order chi connectivity index (χ0) is 26.7.